The zero-order chi connectivity index (χ0) is 15.7. The Hall–Kier alpha value is -0.383. The van der Waals surface area contributed by atoms with Crippen LogP contribution >= 0.6 is 0 Å². The lowest BCUT2D eigenvalue weighted by Gasteiger charge is -2.56. The maximum absolute atomic E-state index is 6.94. The van der Waals surface area contributed by atoms with Crippen LogP contribution in [0.5, 0.6) is 0 Å². The monoisotopic (exact) mass is 308 g/mol. The second-order valence-electron chi connectivity index (χ2n) is 8.10. The number of ether oxygens (including phenoxy) is 1. The van der Waals surface area contributed by atoms with Gasteiger partial charge in [-0.3, -0.25) is 0 Å². The molecule has 1 saturated carbocycles. The van der Waals surface area contributed by atoms with E-state index >= 15 is 0 Å². The predicted molar refractivity (Wildman–Crippen MR) is 92.1 cm³/mol. The summed E-state index contributed by atoms with van der Waals surface area (Å²) < 4.78 is 12.6. The van der Waals surface area contributed by atoms with Crippen LogP contribution in [0.4, 0.5) is 0 Å². The van der Waals surface area contributed by atoms with Gasteiger partial charge in [0.1, 0.15) is 0 Å². The molecule has 1 fully saturated rings. The summed E-state index contributed by atoms with van der Waals surface area (Å²) in [4.78, 5) is 0. The van der Waals surface area contributed by atoms with Gasteiger partial charge in [0.05, 0.1) is 18.8 Å². The molecule has 0 bridgehead atoms. The Labute approximate surface area is 131 Å². The number of fused-ring (bicyclic) bond motifs is 1. The van der Waals surface area contributed by atoms with E-state index in [9.17, 15) is 0 Å². The van der Waals surface area contributed by atoms with Crippen molar-refractivity contribution in [2.24, 2.45) is 5.92 Å². The van der Waals surface area contributed by atoms with Crippen LogP contribution in [-0.4, -0.2) is 27.1 Å². The molecule has 3 heteroatoms. The van der Waals surface area contributed by atoms with Crippen molar-refractivity contribution in [1.82, 2.24) is 0 Å². The lowest BCUT2D eigenvalue weighted by molar-refractivity contribution is -0.0216. The van der Waals surface area contributed by atoms with Crippen molar-refractivity contribution in [3.63, 3.8) is 0 Å². The summed E-state index contributed by atoms with van der Waals surface area (Å²) in [5.74, 6) is 0.614. The summed E-state index contributed by atoms with van der Waals surface area (Å²) in [6.07, 6.45) is 9.30. The van der Waals surface area contributed by atoms with Gasteiger partial charge in [0.15, 0.2) is 8.32 Å². The Bertz CT molecular complexity index is 419. The Kier molecular flexibility index (Phi) is 4.86. The minimum atomic E-state index is -1.76. The smallest absolute Gasteiger partial charge is 0.193 e. The Morgan fingerprint density at radius 3 is 2.67 bits per heavy atom. The first-order valence-corrected chi connectivity index (χ1v) is 11.2. The van der Waals surface area contributed by atoms with E-state index in [1.807, 2.05) is 6.08 Å². The third kappa shape index (κ3) is 3.20. The van der Waals surface area contributed by atoms with Crippen LogP contribution in [0, 0.1) is 5.92 Å². The van der Waals surface area contributed by atoms with Gasteiger partial charge in [0.25, 0.3) is 0 Å². The van der Waals surface area contributed by atoms with Crippen LogP contribution in [-0.2, 0) is 9.16 Å². The second kappa shape index (κ2) is 6.02. The summed E-state index contributed by atoms with van der Waals surface area (Å²) >= 11 is 0. The van der Waals surface area contributed by atoms with Crippen molar-refractivity contribution in [3.05, 3.63) is 24.3 Å². The number of rotatable bonds is 6. The third-order valence-electron chi connectivity index (χ3n) is 5.59. The lowest BCUT2D eigenvalue weighted by Crippen LogP contribution is -2.59. The minimum absolute atomic E-state index is 0.0115. The molecule has 2 aliphatic carbocycles. The minimum Gasteiger partial charge on any atom is -0.407 e. The molecule has 0 aromatic carbocycles. The van der Waals surface area contributed by atoms with Gasteiger partial charge < -0.3 is 9.16 Å². The van der Waals surface area contributed by atoms with Crippen LogP contribution in [0.1, 0.15) is 46.5 Å². The van der Waals surface area contributed by atoms with E-state index in [0.29, 0.717) is 19.1 Å². The molecule has 120 valence electrons. The standard InChI is InChI=1S/C18H32O2Si/c1-7-12-19-14-16-13-15-10-8-9-11-18(15,16)20-21(5,6)17(2,3)4/h7,13,15H,1,8-12,14H2,2-6H3/t15-,18+/m1/s1. The molecule has 21 heavy (non-hydrogen) atoms. The maximum atomic E-state index is 6.94. The van der Waals surface area contributed by atoms with Crippen LogP contribution in [0.2, 0.25) is 18.1 Å². The molecular formula is C18H32O2Si. The van der Waals surface area contributed by atoms with Crippen molar-refractivity contribution in [2.75, 3.05) is 13.2 Å². The molecule has 0 aromatic rings. The van der Waals surface area contributed by atoms with Gasteiger partial charge in [0.2, 0.25) is 0 Å². The van der Waals surface area contributed by atoms with Gasteiger partial charge in [-0.2, -0.15) is 0 Å². The first-order valence-electron chi connectivity index (χ1n) is 8.33. The molecule has 2 nitrogen and oxygen atoms in total. The fourth-order valence-corrected chi connectivity index (χ4v) is 4.90. The van der Waals surface area contributed by atoms with Gasteiger partial charge in [-0.1, -0.05) is 45.8 Å². The van der Waals surface area contributed by atoms with E-state index in [1.165, 1.54) is 31.3 Å². The van der Waals surface area contributed by atoms with Crippen molar-refractivity contribution in [1.29, 1.82) is 0 Å². The molecule has 0 aliphatic heterocycles. The summed E-state index contributed by atoms with van der Waals surface area (Å²) in [6.45, 7) is 16.8. The largest absolute Gasteiger partial charge is 0.407 e. The Morgan fingerprint density at radius 1 is 1.38 bits per heavy atom. The molecule has 0 radical (unpaired) electrons. The van der Waals surface area contributed by atoms with Crippen molar-refractivity contribution < 1.29 is 9.16 Å². The first kappa shape index (κ1) is 17.0. The zero-order valence-corrected chi connectivity index (χ0v) is 15.5. The molecule has 0 aromatic heterocycles. The molecule has 0 N–H and O–H groups in total. The van der Waals surface area contributed by atoms with Crippen molar-refractivity contribution >= 4 is 8.32 Å². The van der Waals surface area contributed by atoms with E-state index < -0.39 is 8.32 Å². The highest BCUT2D eigenvalue weighted by atomic mass is 28.4. The second-order valence-corrected chi connectivity index (χ2v) is 12.8. The van der Waals surface area contributed by atoms with Crippen molar-refractivity contribution in [2.45, 2.75) is 70.2 Å². The molecule has 0 unspecified atom stereocenters. The average Bonchev–Trinajstić information content (AvgIpc) is 2.36. The molecule has 0 amide bonds. The summed E-state index contributed by atoms with van der Waals surface area (Å²) in [6, 6.07) is 0. The molecular weight excluding hydrogens is 276 g/mol. The number of hydrogen-bond acceptors (Lipinski definition) is 2. The van der Waals surface area contributed by atoms with Crippen LogP contribution in [0.3, 0.4) is 0 Å². The van der Waals surface area contributed by atoms with Gasteiger partial charge in [-0.25, -0.2) is 0 Å². The summed E-state index contributed by atoms with van der Waals surface area (Å²) in [5.41, 5.74) is 1.38. The van der Waals surface area contributed by atoms with E-state index in [2.05, 4.69) is 46.5 Å². The molecule has 2 aliphatic rings. The van der Waals surface area contributed by atoms with Crippen LogP contribution < -0.4 is 0 Å². The van der Waals surface area contributed by atoms with E-state index in [-0.39, 0.29) is 10.6 Å². The summed E-state index contributed by atoms with van der Waals surface area (Å²) in [5, 5.41) is 0.256. The normalized spacial score (nSPS) is 29.4. The maximum Gasteiger partial charge on any atom is 0.193 e. The zero-order valence-electron chi connectivity index (χ0n) is 14.5. The lowest BCUT2D eigenvalue weighted by atomic mass is 9.63. The van der Waals surface area contributed by atoms with Gasteiger partial charge in [-0.15, -0.1) is 6.58 Å². The van der Waals surface area contributed by atoms with Gasteiger partial charge >= 0.3 is 0 Å². The highest BCUT2D eigenvalue weighted by molar-refractivity contribution is 6.74. The van der Waals surface area contributed by atoms with E-state index in [1.54, 1.807) is 0 Å². The predicted octanol–water partition coefficient (Wildman–Crippen LogP) is 5.08. The fourth-order valence-electron chi connectivity index (χ4n) is 3.30. The SMILES string of the molecule is C=CCOCC1=C[C@H]2CCCC[C@@]12O[Si](C)(C)C(C)(C)C. The van der Waals surface area contributed by atoms with Gasteiger partial charge in [0, 0.05) is 5.92 Å². The first-order chi connectivity index (χ1) is 9.73. The molecule has 0 saturated heterocycles. The highest BCUT2D eigenvalue weighted by Crippen LogP contribution is 2.54. The Morgan fingerprint density at radius 2 is 2.10 bits per heavy atom. The Balaban J connectivity index is 2.15. The fraction of sp³-hybridized carbons (Fsp3) is 0.778. The quantitative estimate of drug-likeness (QED) is 0.387. The third-order valence-corrected chi connectivity index (χ3v) is 10.1. The van der Waals surface area contributed by atoms with Gasteiger partial charge in [-0.05, 0) is 36.5 Å². The van der Waals surface area contributed by atoms with Crippen molar-refractivity contribution in [3.8, 4) is 0 Å². The summed E-state index contributed by atoms with van der Waals surface area (Å²) in [7, 11) is -1.76. The molecule has 0 spiro atoms. The molecule has 2 rings (SSSR count). The topological polar surface area (TPSA) is 18.5 Å². The van der Waals surface area contributed by atoms with Crippen LogP contribution in [0.15, 0.2) is 24.3 Å². The molecule has 0 heterocycles. The highest BCUT2D eigenvalue weighted by Gasteiger charge is 2.54. The average molecular weight is 309 g/mol. The number of hydrogen-bond donors (Lipinski definition) is 0. The van der Waals surface area contributed by atoms with E-state index in [0.717, 1.165) is 0 Å². The molecule has 2 atom stereocenters. The van der Waals surface area contributed by atoms with Crippen LogP contribution in [0.25, 0.3) is 0 Å². The van der Waals surface area contributed by atoms with E-state index in [4.69, 9.17) is 9.16 Å².